The topological polar surface area (TPSA) is 90.5 Å². The van der Waals surface area contributed by atoms with Gasteiger partial charge in [0.25, 0.3) is 11.8 Å². The van der Waals surface area contributed by atoms with Crippen molar-refractivity contribution in [3.8, 4) is 0 Å². The normalized spacial score (nSPS) is 17.6. The molecule has 1 saturated heterocycles. The Morgan fingerprint density at radius 1 is 1.18 bits per heavy atom. The third kappa shape index (κ3) is 4.88. The largest absolute Gasteiger partial charge is 0.345 e. The van der Waals surface area contributed by atoms with Gasteiger partial charge in [-0.3, -0.25) is 19.8 Å². The fraction of sp³-hybridized carbons (Fsp3) is 0.250. The summed E-state index contributed by atoms with van der Waals surface area (Å²) in [6.45, 7) is 0.382. The van der Waals surface area contributed by atoms with E-state index >= 15 is 0 Å². The lowest BCUT2D eigenvalue weighted by atomic mass is 10.0. The van der Waals surface area contributed by atoms with Crippen molar-refractivity contribution in [3.63, 3.8) is 0 Å². The number of likely N-dealkylation sites (N-methyl/N-ethyl adjacent to an activating group) is 1. The summed E-state index contributed by atoms with van der Waals surface area (Å²) in [6.07, 6.45) is -0.00625. The van der Waals surface area contributed by atoms with Crippen LogP contribution in [0.4, 0.5) is 0 Å². The van der Waals surface area contributed by atoms with Gasteiger partial charge in [0.15, 0.2) is 0 Å². The molecule has 0 radical (unpaired) electrons. The molecule has 3 rings (SSSR count). The van der Waals surface area contributed by atoms with Gasteiger partial charge in [-0.05, 0) is 17.7 Å². The van der Waals surface area contributed by atoms with Crippen LogP contribution in [0.1, 0.15) is 28.4 Å². The highest BCUT2D eigenvalue weighted by Gasteiger charge is 2.30. The maximum atomic E-state index is 12.7. The van der Waals surface area contributed by atoms with Crippen molar-refractivity contribution < 1.29 is 14.4 Å². The SMILES string of the molecule is CN1CC(NC(=O)CC(NC(=O)c2ccccc2Cl)c2ccccc2)C(=O)N1. The first kappa shape index (κ1) is 19.9. The molecule has 0 bridgehead atoms. The van der Waals surface area contributed by atoms with Crippen molar-refractivity contribution >= 4 is 29.3 Å². The standard InChI is InChI=1S/C20H21ClN4O3/c1-25-12-17(20(28)24-25)22-18(26)11-16(13-7-3-2-4-8-13)23-19(27)14-9-5-6-10-15(14)21/h2-10,16-17H,11-12H2,1H3,(H,22,26)(H,23,27)(H,24,28). The van der Waals surface area contributed by atoms with Crippen molar-refractivity contribution in [1.82, 2.24) is 21.1 Å². The third-order valence-electron chi connectivity index (χ3n) is 4.42. The first-order chi connectivity index (χ1) is 13.4. The summed E-state index contributed by atoms with van der Waals surface area (Å²) in [5.41, 5.74) is 3.73. The zero-order chi connectivity index (χ0) is 20.1. The molecule has 8 heteroatoms. The van der Waals surface area contributed by atoms with E-state index in [9.17, 15) is 14.4 Å². The van der Waals surface area contributed by atoms with E-state index in [0.29, 0.717) is 17.1 Å². The Bertz CT molecular complexity index is 875. The van der Waals surface area contributed by atoms with Gasteiger partial charge in [-0.15, -0.1) is 0 Å². The van der Waals surface area contributed by atoms with Gasteiger partial charge in [0.2, 0.25) is 5.91 Å². The molecule has 7 nitrogen and oxygen atoms in total. The highest BCUT2D eigenvalue weighted by Crippen LogP contribution is 2.20. The van der Waals surface area contributed by atoms with Crippen LogP contribution in [0.2, 0.25) is 5.02 Å². The summed E-state index contributed by atoms with van der Waals surface area (Å²) in [4.78, 5) is 37.0. The Labute approximate surface area is 168 Å². The van der Waals surface area contributed by atoms with Crippen molar-refractivity contribution in [2.45, 2.75) is 18.5 Å². The molecule has 3 amide bonds. The molecule has 1 aliphatic rings. The fourth-order valence-electron chi connectivity index (χ4n) is 3.04. The van der Waals surface area contributed by atoms with E-state index in [1.807, 2.05) is 30.3 Å². The van der Waals surface area contributed by atoms with E-state index < -0.39 is 12.1 Å². The Kier molecular flexibility index (Phi) is 6.28. The number of amides is 3. The molecule has 1 heterocycles. The van der Waals surface area contributed by atoms with Crippen LogP contribution in [0.15, 0.2) is 54.6 Å². The first-order valence-electron chi connectivity index (χ1n) is 8.85. The van der Waals surface area contributed by atoms with E-state index in [1.54, 1.807) is 36.3 Å². The lowest BCUT2D eigenvalue weighted by molar-refractivity contribution is -0.127. The van der Waals surface area contributed by atoms with Crippen LogP contribution in [-0.2, 0) is 9.59 Å². The van der Waals surface area contributed by atoms with Crippen molar-refractivity contribution in [2.75, 3.05) is 13.6 Å². The van der Waals surface area contributed by atoms with Gasteiger partial charge in [-0.25, -0.2) is 5.01 Å². The van der Waals surface area contributed by atoms with E-state index in [0.717, 1.165) is 5.56 Å². The van der Waals surface area contributed by atoms with Gasteiger partial charge in [0, 0.05) is 13.6 Å². The Hall–Kier alpha value is -2.90. The molecule has 0 spiro atoms. The van der Waals surface area contributed by atoms with Crippen LogP contribution >= 0.6 is 11.6 Å². The van der Waals surface area contributed by atoms with Crippen LogP contribution in [0.25, 0.3) is 0 Å². The molecular weight excluding hydrogens is 380 g/mol. The number of rotatable bonds is 6. The van der Waals surface area contributed by atoms with Crippen molar-refractivity contribution in [3.05, 3.63) is 70.7 Å². The van der Waals surface area contributed by atoms with Gasteiger partial charge in [-0.2, -0.15) is 0 Å². The molecule has 28 heavy (non-hydrogen) atoms. The summed E-state index contributed by atoms with van der Waals surface area (Å²) in [6, 6.07) is 14.7. The summed E-state index contributed by atoms with van der Waals surface area (Å²) in [5.74, 6) is -0.957. The molecule has 0 saturated carbocycles. The number of hydrazine groups is 1. The molecule has 2 aromatic carbocycles. The minimum atomic E-state index is -0.617. The molecule has 146 valence electrons. The minimum absolute atomic E-state index is 0.00625. The second kappa shape index (κ2) is 8.86. The fourth-order valence-corrected chi connectivity index (χ4v) is 3.26. The van der Waals surface area contributed by atoms with Crippen LogP contribution < -0.4 is 16.1 Å². The average Bonchev–Trinajstić information content (AvgIpc) is 2.99. The number of hydrogen-bond donors (Lipinski definition) is 3. The van der Waals surface area contributed by atoms with Gasteiger partial charge in [0.05, 0.1) is 23.0 Å². The van der Waals surface area contributed by atoms with E-state index in [2.05, 4.69) is 16.1 Å². The van der Waals surface area contributed by atoms with E-state index in [-0.39, 0.29) is 24.1 Å². The van der Waals surface area contributed by atoms with Crippen LogP contribution in [0, 0.1) is 0 Å². The Morgan fingerprint density at radius 3 is 2.50 bits per heavy atom. The Balaban J connectivity index is 1.73. The molecule has 0 aromatic heterocycles. The maximum absolute atomic E-state index is 12.7. The van der Waals surface area contributed by atoms with Gasteiger partial charge < -0.3 is 10.6 Å². The molecule has 2 atom stereocenters. The van der Waals surface area contributed by atoms with Crippen LogP contribution in [0.5, 0.6) is 0 Å². The molecule has 2 unspecified atom stereocenters. The lowest BCUT2D eigenvalue weighted by Crippen LogP contribution is -2.43. The second-order valence-corrected chi connectivity index (χ2v) is 7.00. The molecule has 2 aromatic rings. The summed E-state index contributed by atoms with van der Waals surface area (Å²) >= 11 is 6.11. The zero-order valence-corrected chi connectivity index (χ0v) is 16.1. The van der Waals surface area contributed by atoms with Crippen LogP contribution in [-0.4, -0.2) is 42.4 Å². The number of nitrogens with one attached hydrogen (secondary N) is 3. The van der Waals surface area contributed by atoms with E-state index in [1.165, 1.54) is 0 Å². The van der Waals surface area contributed by atoms with Crippen molar-refractivity contribution in [2.24, 2.45) is 0 Å². The number of carbonyl (C=O) groups excluding carboxylic acids is 3. The molecule has 0 aliphatic carbocycles. The van der Waals surface area contributed by atoms with Crippen molar-refractivity contribution in [1.29, 1.82) is 0 Å². The monoisotopic (exact) mass is 400 g/mol. The zero-order valence-electron chi connectivity index (χ0n) is 15.3. The average molecular weight is 401 g/mol. The third-order valence-corrected chi connectivity index (χ3v) is 4.75. The highest BCUT2D eigenvalue weighted by atomic mass is 35.5. The minimum Gasteiger partial charge on any atom is -0.345 e. The summed E-state index contributed by atoms with van der Waals surface area (Å²) < 4.78 is 0. The van der Waals surface area contributed by atoms with Gasteiger partial charge in [0.1, 0.15) is 6.04 Å². The smallest absolute Gasteiger partial charge is 0.258 e. The quantitative estimate of drug-likeness (QED) is 0.688. The summed E-state index contributed by atoms with van der Waals surface area (Å²) in [7, 11) is 1.72. The molecule has 1 fully saturated rings. The predicted octanol–water partition coefficient (Wildman–Crippen LogP) is 1.66. The molecular formula is C20H21ClN4O3. The Morgan fingerprint density at radius 2 is 1.86 bits per heavy atom. The second-order valence-electron chi connectivity index (χ2n) is 6.60. The summed E-state index contributed by atoms with van der Waals surface area (Å²) in [5, 5.41) is 7.53. The first-order valence-corrected chi connectivity index (χ1v) is 9.23. The van der Waals surface area contributed by atoms with Crippen LogP contribution in [0.3, 0.4) is 0 Å². The lowest BCUT2D eigenvalue weighted by Gasteiger charge is -2.20. The predicted molar refractivity (Wildman–Crippen MR) is 105 cm³/mol. The number of nitrogens with zero attached hydrogens (tertiary/aromatic N) is 1. The molecule has 3 N–H and O–H groups in total. The number of benzene rings is 2. The number of carbonyl (C=O) groups is 3. The highest BCUT2D eigenvalue weighted by molar-refractivity contribution is 6.33. The number of halogens is 1. The van der Waals surface area contributed by atoms with Gasteiger partial charge >= 0.3 is 0 Å². The van der Waals surface area contributed by atoms with E-state index in [4.69, 9.17) is 11.6 Å². The van der Waals surface area contributed by atoms with Gasteiger partial charge in [-0.1, -0.05) is 54.1 Å². The molecule has 1 aliphatic heterocycles. The number of hydrogen-bond acceptors (Lipinski definition) is 4. The maximum Gasteiger partial charge on any atom is 0.258 e.